The highest BCUT2D eigenvalue weighted by Gasteiger charge is 2.19. The van der Waals surface area contributed by atoms with E-state index in [0.29, 0.717) is 16.7 Å². The van der Waals surface area contributed by atoms with Crippen molar-refractivity contribution in [2.24, 2.45) is 0 Å². The Hall–Kier alpha value is -2.08. The van der Waals surface area contributed by atoms with E-state index in [4.69, 9.17) is 4.74 Å². The molecule has 2 N–H and O–H groups in total. The van der Waals surface area contributed by atoms with Crippen LogP contribution in [0.1, 0.15) is 18.9 Å². The second-order valence-corrected chi connectivity index (χ2v) is 5.00. The van der Waals surface area contributed by atoms with Crippen LogP contribution in [0.5, 0.6) is 5.75 Å². The van der Waals surface area contributed by atoms with E-state index < -0.39 is 0 Å². The first-order chi connectivity index (χ1) is 9.70. The first-order valence-corrected chi connectivity index (χ1v) is 6.74. The van der Waals surface area contributed by atoms with Gasteiger partial charge < -0.3 is 15.0 Å². The van der Waals surface area contributed by atoms with Gasteiger partial charge in [0, 0.05) is 6.04 Å². The van der Waals surface area contributed by atoms with E-state index >= 15 is 0 Å². The van der Waals surface area contributed by atoms with Crippen LogP contribution in [-0.2, 0) is 0 Å². The van der Waals surface area contributed by atoms with Gasteiger partial charge in [-0.25, -0.2) is 4.79 Å². The Balaban J connectivity index is 2.21. The number of nitrogens with one attached hydrogen (secondary N) is 2. The van der Waals surface area contributed by atoms with Gasteiger partial charge in [-0.15, -0.1) is 0 Å². The van der Waals surface area contributed by atoms with Gasteiger partial charge in [-0.2, -0.15) is 0 Å². The van der Waals surface area contributed by atoms with Crippen molar-refractivity contribution in [3.63, 3.8) is 0 Å². The summed E-state index contributed by atoms with van der Waals surface area (Å²) in [6, 6.07) is 5.06. The van der Waals surface area contributed by atoms with Crippen molar-refractivity contribution in [3.05, 3.63) is 39.0 Å². The van der Waals surface area contributed by atoms with Crippen molar-refractivity contribution >= 4 is 10.9 Å². The maximum atomic E-state index is 12.6. The van der Waals surface area contributed by atoms with Crippen molar-refractivity contribution < 1.29 is 4.74 Å². The van der Waals surface area contributed by atoms with Crippen LogP contribution in [0.3, 0.4) is 0 Å². The number of aromatic nitrogens is 2. The highest BCUT2D eigenvalue weighted by Crippen LogP contribution is 2.18. The van der Waals surface area contributed by atoms with Crippen molar-refractivity contribution in [1.82, 2.24) is 14.9 Å². The molecule has 0 bridgehead atoms. The van der Waals surface area contributed by atoms with Crippen LogP contribution in [0.25, 0.3) is 10.9 Å². The molecule has 1 aromatic heterocycles. The van der Waals surface area contributed by atoms with Gasteiger partial charge in [-0.1, -0.05) is 0 Å². The molecule has 1 aliphatic heterocycles. The minimum atomic E-state index is -0.334. The summed E-state index contributed by atoms with van der Waals surface area (Å²) in [6.07, 6.45) is 1.58. The third kappa shape index (κ3) is 2.12. The van der Waals surface area contributed by atoms with E-state index in [1.807, 2.05) is 0 Å². The summed E-state index contributed by atoms with van der Waals surface area (Å²) in [6.45, 7) is 1.65. The minimum absolute atomic E-state index is 0.0388. The van der Waals surface area contributed by atoms with Gasteiger partial charge >= 0.3 is 5.69 Å². The molecule has 2 heterocycles. The Morgan fingerprint density at radius 3 is 2.70 bits per heavy atom. The van der Waals surface area contributed by atoms with E-state index in [1.54, 1.807) is 25.3 Å². The lowest BCUT2D eigenvalue weighted by molar-refractivity contribution is 0.352. The molecule has 6 nitrogen and oxygen atoms in total. The molecule has 20 heavy (non-hydrogen) atoms. The van der Waals surface area contributed by atoms with Gasteiger partial charge in [-0.05, 0) is 44.1 Å². The predicted molar refractivity (Wildman–Crippen MR) is 76.5 cm³/mol. The lowest BCUT2D eigenvalue weighted by Crippen LogP contribution is -2.42. The molecule has 1 aliphatic rings. The number of aromatic amines is 1. The summed E-state index contributed by atoms with van der Waals surface area (Å²) in [5, 5.41) is 3.72. The second-order valence-electron chi connectivity index (χ2n) is 5.00. The zero-order valence-corrected chi connectivity index (χ0v) is 11.3. The topological polar surface area (TPSA) is 76.1 Å². The average Bonchev–Trinajstić information content (AvgIpc) is 2.48. The fourth-order valence-corrected chi connectivity index (χ4v) is 2.73. The number of rotatable bonds is 2. The predicted octanol–water partition coefficient (Wildman–Crippen LogP) is 0.623. The Morgan fingerprint density at radius 2 is 2.00 bits per heavy atom. The SMILES string of the molecule is COc1ccc2[nH]c(=O)n(C3CCNCC3)c(=O)c2c1. The van der Waals surface area contributed by atoms with Crippen molar-refractivity contribution in [2.45, 2.75) is 18.9 Å². The number of piperidine rings is 1. The number of ether oxygens (including phenoxy) is 1. The molecule has 1 saturated heterocycles. The van der Waals surface area contributed by atoms with Gasteiger partial charge in [0.1, 0.15) is 5.75 Å². The standard InChI is InChI=1S/C14H17N3O3/c1-20-10-2-3-12-11(8-10)13(18)17(14(19)16-12)9-4-6-15-7-5-9/h2-3,8-9,15H,4-7H2,1H3,(H,16,19). The molecule has 2 aromatic rings. The van der Waals surface area contributed by atoms with Crippen LogP contribution < -0.4 is 21.3 Å². The van der Waals surface area contributed by atoms with Crippen molar-refractivity contribution in [1.29, 1.82) is 0 Å². The molecule has 1 fully saturated rings. The zero-order valence-electron chi connectivity index (χ0n) is 11.3. The molecular weight excluding hydrogens is 258 g/mol. The fourth-order valence-electron chi connectivity index (χ4n) is 2.73. The smallest absolute Gasteiger partial charge is 0.329 e. The normalized spacial score (nSPS) is 16.4. The third-order valence-electron chi connectivity index (χ3n) is 3.81. The molecule has 0 saturated carbocycles. The average molecular weight is 275 g/mol. The lowest BCUT2D eigenvalue weighted by atomic mass is 10.1. The van der Waals surface area contributed by atoms with Crippen LogP contribution in [0.4, 0.5) is 0 Å². The molecule has 0 radical (unpaired) electrons. The summed E-state index contributed by atoms with van der Waals surface area (Å²) in [4.78, 5) is 27.5. The Bertz CT molecular complexity index is 741. The monoisotopic (exact) mass is 275 g/mol. The zero-order chi connectivity index (χ0) is 14.1. The van der Waals surface area contributed by atoms with Crippen LogP contribution in [-0.4, -0.2) is 29.8 Å². The Kier molecular flexibility index (Phi) is 3.31. The minimum Gasteiger partial charge on any atom is -0.497 e. The van der Waals surface area contributed by atoms with Gasteiger partial charge in [0.15, 0.2) is 0 Å². The maximum absolute atomic E-state index is 12.6. The van der Waals surface area contributed by atoms with Crippen LogP contribution in [0.15, 0.2) is 27.8 Å². The number of hydrogen-bond donors (Lipinski definition) is 2. The lowest BCUT2D eigenvalue weighted by Gasteiger charge is -2.24. The number of methoxy groups -OCH3 is 1. The number of benzene rings is 1. The summed E-state index contributed by atoms with van der Waals surface area (Å²) in [7, 11) is 1.55. The molecule has 106 valence electrons. The van der Waals surface area contributed by atoms with Gasteiger partial charge in [0.2, 0.25) is 0 Å². The molecule has 6 heteroatoms. The van der Waals surface area contributed by atoms with E-state index in [1.165, 1.54) is 4.57 Å². The van der Waals surface area contributed by atoms with Crippen molar-refractivity contribution in [3.8, 4) is 5.75 Å². The molecule has 3 rings (SSSR count). The summed E-state index contributed by atoms with van der Waals surface area (Å²) in [5.74, 6) is 0.610. The van der Waals surface area contributed by atoms with E-state index in [2.05, 4.69) is 10.3 Å². The van der Waals surface area contributed by atoms with E-state index in [-0.39, 0.29) is 17.3 Å². The van der Waals surface area contributed by atoms with Gasteiger partial charge in [-0.3, -0.25) is 9.36 Å². The molecular formula is C14H17N3O3. The fraction of sp³-hybridized carbons (Fsp3) is 0.429. The number of H-pyrrole nitrogens is 1. The molecule has 1 aromatic carbocycles. The quantitative estimate of drug-likeness (QED) is 0.842. The molecule has 0 amide bonds. The van der Waals surface area contributed by atoms with Crippen LogP contribution in [0, 0.1) is 0 Å². The molecule has 0 atom stereocenters. The van der Waals surface area contributed by atoms with Crippen LogP contribution in [0.2, 0.25) is 0 Å². The summed E-state index contributed by atoms with van der Waals surface area (Å²) in [5.41, 5.74) is -0.0277. The Morgan fingerprint density at radius 1 is 1.25 bits per heavy atom. The Labute approximate surface area is 115 Å². The van der Waals surface area contributed by atoms with E-state index in [0.717, 1.165) is 25.9 Å². The second kappa shape index (κ2) is 5.13. The first-order valence-electron chi connectivity index (χ1n) is 6.74. The maximum Gasteiger partial charge on any atom is 0.329 e. The summed E-state index contributed by atoms with van der Waals surface area (Å²) >= 11 is 0. The number of hydrogen-bond acceptors (Lipinski definition) is 4. The first kappa shape index (κ1) is 12.9. The largest absolute Gasteiger partial charge is 0.497 e. The highest BCUT2D eigenvalue weighted by atomic mass is 16.5. The van der Waals surface area contributed by atoms with Gasteiger partial charge in [0.25, 0.3) is 5.56 Å². The summed E-state index contributed by atoms with van der Waals surface area (Å²) < 4.78 is 6.49. The van der Waals surface area contributed by atoms with Crippen LogP contribution >= 0.6 is 0 Å². The number of nitrogens with zero attached hydrogens (tertiary/aromatic N) is 1. The van der Waals surface area contributed by atoms with Crippen molar-refractivity contribution in [2.75, 3.05) is 20.2 Å². The van der Waals surface area contributed by atoms with E-state index in [9.17, 15) is 9.59 Å². The molecule has 0 spiro atoms. The van der Waals surface area contributed by atoms with Gasteiger partial charge in [0.05, 0.1) is 18.0 Å². The molecule has 0 aliphatic carbocycles. The third-order valence-corrected chi connectivity index (χ3v) is 3.81. The highest BCUT2D eigenvalue weighted by molar-refractivity contribution is 5.78. The molecule has 0 unspecified atom stereocenters. The number of fused-ring (bicyclic) bond motifs is 1.